The Balaban J connectivity index is 1.44. The summed E-state index contributed by atoms with van der Waals surface area (Å²) >= 11 is 0. The van der Waals surface area contributed by atoms with Gasteiger partial charge in [-0.1, -0.05) is 42.5 Å². The lowest BCUT2D eigenvalue weighted by Gasteiger charge is -2.10. The molecule has 3 aromatic carbocycles. The minimum Gasteiger partial charge on any atom is -0.497 e. The molecule has 1 heterocycles. The Kier molecular flexibility index (Phi) is 5.24. The van der Waals surface area contributed by atoms with Crippen LogP contribution in [0.5, 0.6) is 5.75 Å². The molecular formula is C23H20N2O4. The highest BCUT2D eigenvalue weighted by atomic mass is 16.6. The molecule has 0 fully saturated rings. The van der Waals surface area contributed by atoms with Crippen molar-refractivity contribution in [2.24, 2.45) is 0 Å². The fraction of sp³-hybridized carbons (Fsp3) is 0.174. The van der Waals surface area contributed by atoms with Crippen molar-refractivity contribution >= 4 is 16.7 Å². The van der Waals surface area contributed by atoms with E-state index in [1.165, 1.54) is 0 Å². The van der Waals surface area contributed by atoms with Crippen LogP contribution >= 0.6 is 0 Å². The van der Waals surface area contributed by atoms with Gasteiger partial charge >= 0.3 is 5.97 Å². The number of carbonyl (C=O) groups excluding carboxylic acids is 1. The highest BCUT2D eigenvalue weighted by Crippen LogP contribution is 2.25. The largest absolute Gasteiger partial charge is 0.497 e. The number of hydrogen-bond acceptors (Lipinski definition) is 6. The zero-order valence-electron chi connectivity index (χ0n) is 16.2. The molecule has 0 N–H and O–H groups in total. The maximum absolute atomic E-state index is 12.5. The van der Waals surface area contributed by atoms with Crippen LogP contribution in [0.2, 0.25) is 0 Å². The molecule has 0 aliphatic heterocycles. The molecule has 1 atom stereocenters. The lowest BCUT2D eigenvalue weighted by molar-refractivity contribution is -0.148. The van der Waals surface area contributed by atoms with E-state index < -0.39 is 6.10 Å². The second-order valence-electron chi connectivity index (χ2n) is 6.62. The van der Waals surface area contributed by atoms with Crippen molar-refractivity contribution in [3.8, 4) is 17.2 Å². The van der Waals surface area contributed by atoms with E-state index in [-0.39, 0.29) is 18.3 Å². The molecular weight excluding hydrogens is 368 g/mol. The number of benzene rings is 3. The van der Waals surface area contributed by atoms with Crippen LogP contribution in [0, 0.1) is 0 Å². The SMILES string of the molecule is COc1ccc(-c2nnc([C@@H](C)OC(=O)Cc3cccc4ccccc34)o2)cc1. The second-order valence-corrected chi connectivity index (χ2v) is 6.62. The van der Waals surface area contributed by atoms with E-state index in [0.717, 1.165) is 27.6 Å². The zero-order valence-corrected chi connectivity index (χ0v) is 16.2. The fourth-order valence-corrected chi connectivity index (χ4v) is 3.14. The monoisotopic (exact) mass is 388 g/mol. The lowest BCUT2D eigenvalue weighted by Crippen LogP contribution is -2.12. The van der Waals surface area contributed by atoms with Crippen LogP contribution in [0.3, 0.4) is 0 Å². The molecule has 0 unspecified atom stereocenters. The van der Waals surface area contributed by atoms with Crippen LogP contribution in [0.4, 0.5) is 0 Å². The number of carbonyl (C=O) groups is 1. The standard InChI is InChI=1S/C23H20N2O4/c1-15(22-24-25-23(29-22)17-10-12-19(27-2)13-11-17)28-21(26)14-18-8-5-7-16-6-3-4-9-20(16)18/h3-13,15H,14H2,1-2H3/t15-/m1/s1. The molecule has 29 heavy (non-hydrogen) atoms. The van der Waals surface area contributed by atoms with Crippen LogP contribution in [0.1, 0.15) is 24.5 Å². The molecule has 0 spiro atoms. The Bertz CT molecular complexity index is 1130. The van der Waals surface area contributed by atoms with Crippen LogP contribution in [0.25, 0.3) is 22.2 Å². The van der Waals surface area contributed by atoms with Crippen molar-refractivity contribution in [1.29, 1.82) is 0 Å². The Hall–Kier alpha value is -3.67. The van der Waals surface area contributed by atoms with E-state index >= 15 is 0 Å². The van der Waals surface area contributed by atoms with Crippen molar-refractivity contribution in [3.63, 3.8) is 0 Å². The second kappa shape index (κ2) is 8.14. The number of aromatic nitrogens is 2. The van der Waals surface area contributed by atoms with Crippen LogP contribution in [-0.2, 0) is 16.0 Å². The van der Waals surface area contributed by atoms with Crippen molar-refractivity contribution in [3.05, 3.63) is 78.2 Å². The van der Waals surface area contributed by atoms with Gasteiger partial charge in [0.2, 0.25) is 5.89 Å². The summed E-state index contributed by atoms with van der Waals surface area (Å²) < 4.78 is 16.3. The Labute approximate surface area is 168 Å². The Morgan fingerprint density at radius 1 is 1.00 bits per heavy atom. The van der Waals surface area contributed by atoms with Crippen molar-refractivity contribution in [2.45, 2.75) is 19.4 Å². The first-order valence-electron chi connectivity index (χ1n) is 9.28. The molecule has 0 bridgehead atoms. The normalized spacial score (nSPS) is 11.9. The summed E-state index contributed by atoms with van der Waals surface area (Å²) in [6.45, 7) is 1.71. The Morgan fingerprint density at radius 2 is 1.76 bits per heavy atom. The van der Waals surface area contributed by atoms with E-state index in [4.69, 9.17) is 13.9 Å². The predicted molar refractivity (Wildman–Crippen MR) is 108 cm³/mol. The average molecular weight is 388 g/mol. The molecule has 0 aliphatic carbocycles. The summed E-state index contributed by atoms with van der Waals surface area (Å²) in [7, 11) is 1.61. The molecule has 6 heteroatoms. The van der Waals surface area contributed by atoms with Gasteiger partial charge in [0.05, 0.1) is 13.5 Å². The molecule has 0 radical (unpaired) electrons. The molecule has 0 amide bonds. The van der Waals surface area contributed by atoms with Crippen molar-refractivity contribution < 1.29 is 18.7 Å². The van der Waals surface area contributed by atoms with Crippen molar-refractivity contribution in [2.75, 3.05) is 7.11 Å². The lowest BCUT2D eigenvalue weighted by atomic mass is 10.0. The smallest absolute Gasteiger partial charge is 0.311 e. The summed E-state index contributed by atoms with van der Waals surface area (Å²) in [5.41, 5.74) is 1.68. The zero-order chi connectivity index (χ0) is 20.2. The molecule has 0 aliphatic rings. The molecule has 1 aromatic heterocycles. The van der Waals surface area contributed by atoms with Gasteiger partial charge in [-0.3, -0.25) is 4.79 Å². The van der Waals surface area contributed by atoms with Gasteiger partial charge in [-0.2, -0.15) is 0 Å². The van der Waals surface area contributed by atoms with Gasteiger partial charge in [0.25, 0.3) is 5.89 Å². The van der Waals surface area contributed by atoms with E-state index in [1.54, 1.807) is 14.0 Å². The quantitative estimate of drug-likeness (QED) is 0.444. The predicted octanol–water partition coefficient (Wildman–Crippen LogP) is 4.75. The summed E-state index contributed by atoms with van der Waals surface area (Å²) in [6.07, 6.45) is -0.470. The van der Waals surface area contributed by atoms with Crippen molar-refractivity contribution in [1.82, 2.24) is 10.2 Å². The molecule has 146 valence electrons. The fourth-order valence-electron chi connectivity index (χ4n) is 3.14. The summed E-state index contributed by atoms with van der Waals surface area (Å²) in [4.78, 5) is 12.5. The van der Waals surface area contributed by atoms with Crippen LogP contribution in [0.15, 0.2) is 71.1 Å². The maximum atomic E-state index is 12.5. The van der Waals surface area contributed by atoms with Gasteiger partial charge in [-0.15, -0.1) is 10.2 Å². The first-order valence-corrected chi connectivity index (χ1v) is 9.28. The first-order chi connectivity index (χ1) is 14.1. The van der Waals surface area contributed by atoms with Gasteiger partial charge < -0.3 is 13.9 Å². The third-order valence-corrected chi connectivity index (χ3v) is 4.65. The van der Waals surface area contributed by atoms with E-state index in [1.807, 2.05) is 66.7 Å². The molecule has 4 rings (SSSR count). The number of rotatable bonds is 6. The van der Waals surface area contributed by atoms with E-state index in [2.05, 4.69) is 10.2 Å². The van der Waals surface area contributed by atoms with Gasteiger partial charge in [0.15, 0.2) is 6.10 Å². The molecule has 0 saturated heterocycles. The number of fused-ring (bicyclic) bond motifs is 1. The number of esters is 1. The van der Waals surface area contributed by atoms with Crippen LogP contribution in [-0.4, -0.2) is 23.3 Å². The highest BCUT2D eigenvalue weighted by Gasteiger charge is 2.19. The van der Waals surface area contributed by atoms with Gasteiger partial charge in [0.1, 0.15) is 5.75 Å². The average Bonchev–Trinajstić information content (AvgIpc) is 3.24. The third kappa shape index (κ3) is 4.11. The molecule has 4 aromatic rings. The first kappa shape index (κ1) is 18.7. The molecule has 0 saturated carbocycles. The minimum absolute atomic E-state index is 0.172. The summed E-state index contributed by atoms with van der Waals surface area (Å²) in [6, 6.07) is 21.1. The molecule has 6 nitrogen and oxygen atoms in total. The van der Waals surface area contributed by atoms with Gasteiger partial charge in [-0.05, 0) is 47.5 Å². The van der Waals surface area contributed by atoms with Crippen LogP contribution < -0.4 is 4.74 Å². The summed E-state index contributed by atoms with van der Waals surface area (Å²) in [5, 5.41) is 10.2. The Morgan fingerprint density at radius 3 is 2.55 bits per heavy atom. The number of nitrogens with zero attached hydrogens (tertiary/aromatic N) is 2. The number of methoxy groups -OCH3 is 1. The maximum Gasteiger partial charge on any atom is 0.311 e. The minimum atomic E-state index is -0.642. The van der Waals surface area contributed by atoms with E-state index in [0.29, 0.717) is 5.89 Å². The highest BCUT2D eigenvalue weighted by molar-refractivity contribution is 5.89. The van der Waals surface area contributed by atoms with Gasteiger partial charge in [-0.25, -0.2) is 0 Å². The number of hydrogen-bond donors (Lipinski definition) is 0. The topological polar surface area (TPSA) is 74.5 Å². The summed E-state index contributed by atoms with van der Waals surface area (Å²) in [5.74, 6) is 1.00. The van der Waals surface area contributed by atoms with Gasteiger partial charge in [0, 0.05) is 5.56 Å². The van der Waals surface area contributed by atoms with E-state index in [9.17, 15) is 4.79 Å². The number of ether oxygens (including phenoxy) is 2. The third-order valence-electron chi connectivity index (χ3n) is 4.65.